The largest absolute Gasteiger partial charge is 0.444 e. The van der Waals surface area contributed by atoms with Gasteiger partial charge in [-0.3, -0.25) is 4.98 Å². The highest BCUT2D eigenvalue weighted by Gasteiger charge is 2.24. The zero-order chi connectivity index (χ0) is 17.0. The molecule has 0 spiro atoms. The molecule has 0 aliphatic carbocycles. The summed E-state index contributed by atoms with van der Waals surface area (Å²) >= 11 is 0. The Hall–Kier alpha value is -2.35. The third-order valence-corrected chi connectivity index (χ3v) is 3.58. The molecule has 122 valence electrons. The predicted octanol–water partition coefficient (Wildman–Crippen LogP) is 3.48. The van der Waals surface area contributed by atoms with Gasteiger partial charge in [-0.15, -0.1) is 0 Å². The Morgan fingerprint density at radius 3 is 2.74 bits per heavy atom. The summed E-state index contributed by atoms with van der Waals surface area (Å²) in [5.74, 6) is 0. The van der Waals surface area contributed by atoms with Crippen molar-refractivity contribution in [3.05, 3.63) is 35.2 Å². The van der Waals surface area contributed by atoms with E-state index in [1.54, 1.807) is 11.1 Å². The van der Waals surface area contributed by atoms with Crippen LogP contribution in [-0.4, -0.2) is 34.7 Å². The SMILES string of the molecule is Cc1cc(CC#N)cnc1C1=CCN(C(=O)OC(C)(C)C)CC1. The molecule has 1 aromatic rings. The zero-order valence-electron chi connectivity index (χ0n) is 14.2. The molecular weight excluding hydrogens is 290 g/mol. The van der Waals surface area contributed by atoms with Crippen molar-refractivity contribution in [2.45, 2.75) is 46.1 Å². The van der Waals surface area contributed by atoms with Crippen molar-refractivity contribution in [2.75, 3.05) is 13.1 Å². The molecule has 0 radical (unpaired) electrons. The number of aryl methyl sites for hydroxylation is 1. The molecule has 1 aliphatic rings. The van der Waals surface area contributed by atoms with Crippen LogP contribution in [0.25, 0.3) is 5.57 Å². The Morgan fingerprint density at radius 2 is 2.22 bits per heavy atom. The second-order valence-electron chi connectivity index (χ2n) is 6.75. The van der Waals surface area contributed by atoms with E-state index in [0.717, 1.165) is 28.8 Å². The van der Waals surface area contributed by atoms with Crippen LogP contribution in [0.3, 0.4) is 0 Å². The number of aromatic nitrogens is 1. The van der Waals surface area contributed by atoms with Crippen molar-refractivity contribution in [1.29, 1.82) is 5.26 Å². The molecule has 0 bridgehead atoms. The van der Waals surface area contributed by atoms with Gasteiger partial charge in [0.05, 0.1) is 18.2 Å². The first kappa shape index (κ1) is 17.0. The van der Waals surface area contributed by atoms with E-state index in [9.17, 15) is 4.79 Å². The molecule has 5 heteroatoms. The van der Waals surface area contributed by atoms with Gasteiger partial charge in [-0.05, 0) is 50.8 Å². The van der Waals surface area contributed by atoms with Gasteiger partial charge in [-0.25, -0.2) is 4.79 Å². The van der Waals surface area contributed by atoms with Crippen LogP contribution in [0.1, 0.15) is 44.0 Å². The van der Waals surface area contributed by atoms with Gasteiger partial charge in [0.15, 0.2) is 0 Å². The summed E-state index contributed by atoms with van der Waals surface area (Å²) in [6, 6.07) is 4.14. The number of carbonyl (C=O) groups is 1. The van der Waals surface area contributed by atoms with Gasteiger partial charge in [0.25, 0.3) is 0 Å². The van der Waals surface area contributed by atoms with E-state index >= 15 is 0 Å². The molecule has 2 heterocycles. The standard InChI is InChI=1S/C18H23N3O2/c1-13-11-14(5-8-19)12-20-16(13)15-6-9-21(10-7-15)17(22)23-18(2,3)4/h6,11-12H,5,7,9-10H2,1-4H3. The molecule has 1 aromatic heterocycles. The van der Waals surface area contributed by atoms with Crippen molar-refractivity contribution in [1.82, 2.24) is 9.88 Å². The first-order valence-electron chi connectivity index (χ1n) is 7.80. The number of hydrogen-bond donors (Lipinski definition) is 0. The second-order valence-corrected chi connectivity index (χ2v) is 6.75. The lowest BCUT2D eigenvalue weighted by Crippen LogP contribution is -2.39. The maximum atomic E-state index is 12.1. The van der Waals surface area contributed by atoms with Crippen LogP contribution >= 0.6 is 0 Å². The molecule has 0 N–H and O–H groups in total. The van der Waals surface area contributed by atoms with Gasteiger partial charge in [0.1, 0.15) is 5.60 Å². The molecule has 1 amide bonds. The minimum atomic E-state index is -0.476. The van der Waals surface area contributed by atoms with Gasteiger partial charge in [-0.1, -0.05) is 12.1 Å². The van der Waals surface area contributed by atoms with Gasteiger partial charge >= 0.3 is 6.09 Å². The molecule has 1 aliphatic heterocycles. The third kappa shape index (κ3) is 4.56. The number of hydrogen-bond acceptors (Lipinski definition) is 4. The minimum Gasteiger partial charge on any atom is -0.444 e. The van der Waals surface area contributed by atoms with Crippen molar-refractivity contribution in [3.63, 3.8) is 0 Å². The number of ether oxygens (including phenoxy) is 1. The Morgan fingerprint density at radius 1 is 1.48 bits per heavy atom. The second kappa shape index (κ2) is 6.82. The van der Waals surface area contributed by atoms with Crippen LogP contribution in [0.5, 0.6) is 0 Å². The normalized spacial score (nSPS) is 14.9. The summed E-state index contributed by atoms with van der Waals surface area (Å²) in [6.07, 6.45) is 4.64. The number of rotatable bonds is 2. The van der Waals surface area contributed by atoms with E-state index in [4.69, 9.17) is 10.00 Å². The smallest absolute Gasteiger partial charge is 0.410 e. The summed E-state index contributed by atoms with van der Waals surface area (Å²) < 4.78 is 5.40. The van der Waals surface area contributed by atoms with E-state index < -0.39 is 5.60 Å². The van der Waals surface area contributed by atoms with Crippen LogP contribution in [0.15, 0.2) is 18.3 Å². The topological polar surface area (TPSA) is 66.2 Å². The lowest BCUT2D eigenvalue weighted by molar-refractivity contribution is 0.0270. The van der Waals surface area contributed by atoms with Crippen LogP contribution < -0.4 is 0 Å². The molecule has 0 unspecified atom stereocenters. The highest BCUT2D eigenvalue weighted by atomic mass is 16.6. The van der Waals surface area contributed by atoms with Crippen LogP contribution in [0, 0.1) is 18.3 Å². The highest BCUT2D eigenvalue weighted by Crippen LogP contribution is 2.25. The fourth-order valence-electron chi connectivity index (χ4n) is 2.53. The van der Waals surface area contributed by atoms with E-state index in [1.165, 1.54) is 0 Å². The number of pyridine rings is 1. The lowest BCUT2D eigenvalue weighted by Gasteiger charge is -2.29. The van der Waals surface area contributed by atoms with E-state index in [1.807, 2.05) is 39.8 Å². The molecule has 23 heavy (non-hydrogen) atoms. The molecule has 0 saturated heterocycles. The monoisotopic (exact) mass is 313 g/mol. The Balaban J connectivity index is 2.07. The van der Waals surface area contributed by atoms with Crippen LogP contribution in [0.4, 0.5) is 4.79 Å². The summed E-state index contributed by atoms with van der Waals surface area (Å²) in [7, 11) is 0. The van der Waals surface area contributed by atoms with Gasteiger partial charge in [0, 0.05) is 19.3 Å². The van der Waals surface area contributed by atoms with E-state index in [-0.39, 0.29) is 6.09 Å². The lowest BCUT2D eigenvalue weighted by atomic mass is 9.99. The average Bonchev–Trinajstić information content (AvgIpc) is 2.46. The quantitative estimate of drug-likeness (QED) is 0.838. The van der Waals surface area contributed by atoms with E-state index in [0.29, 0.717) is 19.5 Å². The van der Waals surface area contributed by atoms with Crippen molar-refractivity contribution in [2.24, 2.45) is 0 Å². The van der Waals surface area contributed by atoms with Gasteiger partial charge < -0.3 is 9.64 Å². The van der Waals surface area contributed by atoms with Crippen LogP contribution in [0.2, 0.25) is 0 Å². The molecule has 0 atom stereocenters. The molecule has 0 aromatic carbocycles. The predicted molar refractivity (Wildman–Crippen MR) is 88.7 cm³/mol. The Bertz CT molecular complexity index is 666. The summed E-state index contributed by atoms with van der Waals surface area (Å²) in [6.45, 7) is 8.77. The maximum Gasteiger partial charge on any atom is 0.410 e. The summed E-state index contributed by atoms with van der Waals surface area (Å²) in [5.41, 5.74) is 3.62. The molecule has 0 fully saturated rings. The van der Waals surface area contributed by atoms with Gasteiger partial charge in [-0.2, -0.15) is 5.26 Å². The van der Waals surface area contributed by atoms with Crippen molar-refractivity contribution >= 4 is 11.7 Å². The fraction of sp³-hybridized carbons (Fsp3) is 0.500. The first-order valence-corrected chi connectivity index (χ1v) is 7.80. The number of nitriles is 1. The number of amides is 1. The molecule has 2 rings (SSSR count). The molecular formula is C18H23N3O2. The highest BCUT2D eigenvalue weighted by molar-refractivity contribution is 5.72. The minimum absolute atomic E-state index is 0.276. The Kier molecular flexibility index (Phi) is 5.05. The molecule has 0 saturated carbocycles. The maximum absolute atomic E-state index is 12.1. The third-order valence-electron chi connectivity index (χ3n) is 3.58. The first-order chi connectivity index (χ1) is 10.8. The Labute approximate surface area is 137 Å². The summed E-state index contributed by atoms with van der Waals surface area (Å²) in [5, 5.41) is 8.75. The average molecular weight is 313 g/mol. The van der Waals surface area contributed by atoms with Crippen LogP contribution in [-0.2, 0) is 11.2 Å². The fourth-order valence-corrected chi connectivity index (χ4v) is 2.53. The number of nitrogens with zero attached hydrogens (tertiary/aromatic N) is 3. The molecule has 5 nitrogen and oxygen atoms in total. The van der Waals surface area contributed by atoms with E-state index in [2.05, 4.69) is 11.1 Å². The van der Waals surface area contributed by atoms with Gasteiger partial charge in [0.2, 0.25) is 0 Å². The zero-order valence-corrected chi connectivity index (χ0v) is 14.2. The van der Waals surface area contributed by atoms with Crippen molar-refractivity contribution in [3.8, 4) is 6.07 Å². The number of carbonyl (C=O) groups excluding carboxylic acids is 1. The van der Waals surface area contributed by atoms with Crippen molar-refractivity contribution < 1.29 is 9.53 Å². The summed E-state index contributed by atoms with van der Waals surface area (Å²) in [4.78, 5) is 18.3.